The molecule has 5 heteroatoms. The zero-order chi connectivity index (χ0) is 13.2. The van der Waals surface area contributed by atoms with Crippen molar-refractivity contribution in [1.29, 1.82) is 0 Å². The molecule has 102 valence electrons. The summed E-state index contributed by atoms with van der Waals surface area (Å²) in [5.41, 5.74) is 8.94. The number of nitrogens with one attached hydrogen (secondary N) is 1. The number of aryl methyl sites for hydroxylation is 1. The average molecular weight is 287 g/mol. The van der Waals surface area contributed by atoms with Gasteiger partial charge in [-0.1, -0.05) is 29.8 Å². The maximum Gasteiger partial charge on any atom is 0.229 e. The van der Waals surface area contributed by atoms with E-state index < -0.39 is 0 Å². The van der Waals surface area contributed by atoms with Crippen LogP contribution in [0, 0.1) is 6.92 Å². The van der Waals surface area contributed by atoms with E-state index in [0.29, 0.717) is 11.8 Å². The molecule has 20 heavy (non-hydrogen) atoms. The van der Waals surface area contributed by atoms with E-state index in [4.69, 9.17) is 5.73 Å². The molecule has 0 aliphatic rings. The minimum absolute atomic E-state index is 0. The van der Waals surface area contributed by atoms with E-state index in [1.807, 2.05) is 55.5 Å². The van der Waals surface area contributed by atoms with E-state index >= 15 is 0 Å². The smallest absolute Gasteiger partial charge is 0.229 e. The Morgan fingerprint density at radius 2 is 1.65 bits per heavy atom. The molecule has 3 aromatic rings. The Labute approximate surface area is 123 Å². The minimum Gasteiger partial charge on any atom is -0.383 e. The number of hydrogen-bond donors (Lipinski definition) is 2. The molecular formula is C15H15ClN4. The van der Waals surface area contributed by atoms with Crippen LogP contribution in [0.2, 0.25) is 0 Å². The lowest BCUT2D eigenvalue weighted by Gasteiger charge is -2.07. The highest BCUT2D eigenvalue weighted by Gasteiger charge is 2.04. The first-order valence-electron chi connectivity index (χ1n) is 6.08. The van der Waals surface area contributed by atoms with Crippen molar-refractivity contribution in [3.63, 3.8) is 0 Å². The van der Waals surface area contributed by atoms with Gasteiger partial charge in [-0.3, -0.25) is 0 Å². The molecule has 0 saturated carbocycles. The second kappa shape index (κ2) is 5.75. The van der Waals surface area contributed by atoms with Crippen molar-refractivity contribution in [2.24, 2.45) is 0 Å². The minimum atomic E-state index is 0. The molecule has 0 unspecified atom stereocenters. The van der Waals surface area contributed by atoms with Gasteiger partial charge >= 0.3 is 0 Å². The largest absolute Gasteiger partial charge is 0.383 e. The second-order valence-electron chi connectivity index (χ2n) is 4.44. The lowest BCUT2D eigenvalue weighted by Crippen LogP contribution is -2.01. The number of nitrogens with zero attached hydrogens (tertiary/aromatic N) is 2. The molecule has 3 rings (SSSR count). The summed E-state index contributed by atoms with van der Waals surface area (Å²) in [6, 6.07) is 15.8. The fourth-order valence-corrected chi connectivity index (χ4v) is 1.92. The number of anilines is 3. The molecule has 0 fully saturated rings. The van der Waals surface area contributed by atoms with E-state index in [1.165, 1.54) is 5.56 Å². The average Bonchev–Trinajstić information content (AvgIpc) is 2.42. The highest BCUT2D eigenvalue weighted by molar-refractivity contribution is 5.89. The number of nitrogens with two attached hydrogens (primary N) is 1. The van der Waals surface area contributed by atoms with Gasteiger partial charge in [-0.25, -0.2) is 4.98 Å². The van der Waals surface area contributed by atoms with Gasteiger partial charge in [-0.05, 0) is 31.2 Å². The summed E-state index contributed by atoms with van der Waals surface area (Å²) in [5.74, 6) is 1.00. The highest BCUT2D eigenvalue weighted by atomic mass is 35.5. The summed E-state index contributed by atoms with van der Waals surface area (Å²) in [4.78, 5) is 8.73. The van der Waals surface area contributed by atoms with E-state index in [2.05, 4.69) is 15.3 Å². The third-order valence-corrected chi connectivity index (χ3v) is 2.94. The van der Waals surface area contributed by atoms with Crippen LogP contribution in [-0.4, -0.2) is 9.97 Å². The third-order valence-electron chi connectivity index (χ3n) is 2.94. The molecule has 1 heterocycles. The number of halogens is 1. The predicted octanol–water partition coefficient (Wildman–Crippen LogP) is 3.69. The molecule has 2 aromatic carbocycles. The SMILES string of the molecule is Cc1ccc(Nc2nc(N)c3ccccc3n2)cc1.Cl. The Hall–Kier alpha value is -2.33. The Morgan fingerprint density at radius 1 is 0.950 bits per heavy atom. The highest BCUT2D eigenvalue weighted by Crippen LogP contribution is 2.21. The van der Waals surface area contributed by atoms with Crippen LogP contribution in [0.15, 0.2) is 48.5 Å². The molecule has 0 bridgehead atoms. The second-order valence-corrected chi connectivity index (χ2v) is 4.44. The number of aromatic nitrogens is 2. The fourth-order valence-electron chi connectivity index (χ4n) is 1.92. The Morgan fingerprint density at radius 3 is 2.40 bits per heavy atom. The lowest BCUT2D eigenvalue weighted by atomic mass is 10.2. The summed E-state index contributed by atoms with van der Waals surface area (Å²) < 4.78 is 0. The number of benzene rings is 2. The number of para-hydroxylation sites is 1. The van der Waals surface area contributed by atoms with Gasteiger partial charge in [0.15, 0.2) is 0 Å². The summed E-state index contributed by atoms with van der Waals surface area (Å²) in [6.45, 7) is 2.05. The molecule has 4 nitrogen and oxygen atoms in total. The number of hydrogen-bond acceptors (Lipinski definition) is 4. The van der Waals surface area contributed by atoms with Crippen LogP contribution in [0.1, 0.15) is 5.56 Å². The monoisotopic (exact) mass is 286 g/mol. The number of fused-ring (bicyclic) bond motifs is 1. The van der Waals surface area contributed by atoms with Crippen LogP contribution in [0.3, 0.4) is 0 Å². The molecule has 0 aliphatic heterocycles. The first-order chi connectivity index (χ1) is 9.22. The standard InChI is InChI=1S/C15H14N4.ClH/c1-10-6-8-11(9-7-10)17-15-18-13-5-3-2-4-12(13)14(16)19-15;/h2-9H,1H3,(H3,16,17,18,19);1H. The summed E-state index contributed by atoms with van der Waals surface area (Å²) in [6.07, 6.45) is 0. The van der Waals surface area contributed by atoms with Crippen LogP contribution >= 0.6 is 12.4 Å². The molecule has 0 aliphatic carbocycles. The van der Waals surface area contributed by atoms with Gasteiger partial charge in [-0.15, -0.1) is 12.4 Å². The molecule has 0 atom stereocenters. The third kappa shape index (κ3) is 2.81. The Kier molecular flexibility index (Phi) is 4.05. The van der Waals surface area contributed by atoms with Gasteiger partial charge in [0.05, 0.1) is 5.52 Å². The van der Waals surface area contributed by atoms with Crippen molar-refractivity contribution in [3.05, 3.63) is 54.1 Å². The quantitative estimate of drug-likeness (QED) is 0.754. The Bertz CT molecular complexity index is 726. The molecule has 0 amide bonds. The first-order valence-corrected chi connectivity index (χ1v) is 6.08. The predicted molar refractivity (Wildman–Crippen MR) is 85.7 cm³/mol. The molecule has 0 spiro atoms. The van der Waals surface area contributed by atoms with Crippen molar-refractivity contribution in [2.45, 2.75) is 6.92 Å². The fraction of sp³-hybridized carbons (Fsp3) is 0.0667. The van der Waals surface area contributed by atoms with Gasteiger partial charge in [0, 0.05) is 11.1 Å². The van der Waals surface area contributed by atoms with E-state index in [9.17, 15) is 0 Å². The number of rotatable bonds is 2. The summed E-state index contributed by atoms with van der Waals surface area (Å²) >= 11 is 0. The van der Waals surface area contributed by atoms with Crippen LogP contribution in [-0.2, 0) is 0 Å². The maximum absolute atomic E-state index is 5.94. The van der Waals surface area contributed by atoms with Gasteiger partial charge in [-0.2, -0.15) is 4.98 Å². The molecule has 0 radical (unpaired) electrons. The van der Waals surface area contributed by atoms with Gasteiger partial charge in [0.1, 0.15) is 5.82 Å². The van der Waals surface area contributed by atoms with Gasteiger partial charge < -0.3 is 11.1 Å². The summed E-state index contributed by atoms with van der Waals surface area (Å²) in [7, 11) is 0. The maximum atomic E-state index is 5.94. The van der Waals surface area contributed by atoms with Crippen molar-refractivity contribution in [2.75, 3.05) is 11.1 Å². The van der Waals surface area contributed by atoms with Crippen molar-refractivity contribution in [1.82, 2.24) is 9.97 Å². The first kappa shape index (κ1) is 14.1. The molecule has 1 aromatic heterocycles. The summed E-state index contributed by atoms with van der Waals surface area (Å²) in [5, 5.41) is 4.03. The molecule has 0 saturated heterocycles. The van der Waals surface area contributed by atoms with Gasteiger partial charge in [0.25, 0.3) is 0 Å². The van der Waals surface area contributed by atoms with Crippen molar-refractivity contribution in [3.8, 4) is 0 Å². The molecular weight excluding hydrogens is 272 g/mol. The van der Waals surface area contributed by atoms with Gasteiger partial charge in [0.2, 0.25) is 5.95 Å². The molecule has 3 N–H and O–H groups in total. The van der Waals surface area contributed by atoms with Crippen LogP contribution < -0.4 is 11.1 Å². The van der Waals surface area contributed by atoms with E-state index in [1.54, 1.807) is 0 Å². The lowest BCUT2D eigenvalue weighted by molar-refractivity contribution is 1.22. The van der Waals surface area contributed by atoms with E-state index in [0.717, 1.165) is 16.6 Å². The number of nitrogen functional groups attached to an aromatic ring is 1. The van der Waals surface area contributed by atoms with Crippen molar-refractivity contribution < 1.29 is 0 Å². The van der Waals surface area contributed by atoms with Crippen LogP contribution in [0.25, 0.3) is 10.9 Å². The topological polar surface area (TPSA) is 63.8 Å². The Balaban J connectivity index is 0.00000147. The van der Waals surface area contributed by atoms with E-state index in [-0.39, 0.29) is 12.4 Å². The van der Waals surface area contributed by atoms with Crippen molar-refractivity contribution >= 4 is 40.8 Å². The van der Waals surface area contributed by atoms with Crippen LogP contribution in [0.5, 0.6) is 0 Å². The zero-order valence-corrected chi connectivity index (χ0v) is 11.8. The zero-order valence-electron chi connectivity index (χ0n) is 11.0. The normalized spacial score (nSPS) is 10.1. The van der Waals surface area contributed by atoms with Crippen LogP contribution in [0.4, 0.5) is 17.5 Å².